The van der Waals surface area contributed by atoms with E-state index in [9.17, 15) is 0 Å². The molecule has 4 rings (SSSR count). The van der Waals surface area contributed by atoms with Crippen molar-refractivity contribution in [1.82, 2.24) is 4.57 Å². The van der Waals surface area contributed by atoms with Gasteiger partial charge in [0.1, 0.15) is 0 Å². The van der Waals surface area contributed by atoms with Crippen molar-refractivity contribution in [3.8, 4) is 0 Å². The van der Waals surface area contributed by atoms with Gasteiger partial charge in [0.2, 0.25) is 0 Å². The fourth-order valence-electron chi connectivity index (χ4n) is 3.36. The molecule has 0 N–H and O–H groups in total. The monoisotopic (exact) mass is 373 g/mol. The van der Waals surface area contributed by atoms with Crippen LogP contribution in [-0.4, -0.2) is 4.57 Å². The van der Waals surface area contributed by atoms with Gasteiger partial charge in [-0.1, -0.05) is 42.5 Å². The van der Waals surface area contributed by atoms with Crippen molar-refractivity contribution in [2.75, 3.05) is 0 Å². The van der Waals surface area contributed by atoms with Crippen molar-refractivity contribution in [2.24, 2.45) is 0 Å². The summed E-state index contributed by atoms with van der Waals surface area (Å²) >= 11 is 2.48. The lowest BCUT2D eigenvalue weighted by atomic mass is 10.0. The molecule has 2 aromatic rings. The van der Waals surface area contributed by atoms with Crippen molar-refractivity contribution in [3.63, 3.8) is 0 Å². The first-order valence-electron chi connectivity index (χ1n) is 7.16. The van der Waals surface area contributed by atoms with Crippen LogP contribution in [0.15, 0.2) is 52.1 Å². The highest BCUT2D eigenvalue weighted by Crippen LogP contribution is 2.38. The van der Waals surface area contributed by atoms with Crippen LogP contribution in [0.4, 0.5) is 0 Å². The quantitative estimate of drug-likeness (QED) is 0.589. The maximum absolute atomic E-state index is 2.56. The van der Waals surface area contributed by atoms with Crippen molar-refractivity contribution in [2.45, 2.75) is 25.3 Å². The van der Waals surface area contributed by atoms with Gasteiger partial charge in [-0.2, -0.15) is 0 Å². The van der Waals surface area contributed by atoms with Crippen LogP contribution >= 0.6 is 22.6 Å². The van der Waals surface area contributed by atoms with Gasteiger partial charge < -0.3 is 4.57 Å². The van der Waals surface area contributed by atoms with Gasteiger partial charge in [-0.25, -0.2) is 0 Å². The maximum Gasteiger partial charge on any atom is 0.0557 e. The largest absolute Gasteiger partial charge is 0.337 e. The highest BCUT2D eigenvalue weighted by molar-refractivity contribution is 14.1. The summed E-state index contributed by atoms with van der Waals surface area (Å²) < 4.78 is 4.03. The molecule has 1 aromatic carbocycles. The molecule has 0 aliphatic heterocycles. The van der Waals surface area contributed by atoms with Crippen LogP contribution in [0, 0.1) is 0 Å². The molecule has 1 atom stereocenters. The second-order valence-corrected chi connectivity index (χ2v) is 6.84. The molecule has 20 heavy (non-hydrogen) atoms. The summed E-state index contributed by atoms with van der Waals surface area (Å²) in [5, 5.41) is 1.40. The molecule has 1 heterocycles. The lowest BCUT2D eigenvalue weighted by molar-refractivity contribution is 0.598. The first-order valence-corrected chi connectivity index (χ1v) is 8.23. The van der Waals surface area contributed by atoms with Crippen LogP contribution < -0.4 is 0 Å². The van der Waals surface area contributed by atoms with Crippen LogP contribution in [0.5, 0.6) is 0 Å². The summed E-state index contributed by atoms with van der Waals surface area (Å²) in [4.78, 5) is 0. The van der Waals surface area contributed by atoms with Crippen molar-refractivity contribution < 1.29 is 0 Å². The van der Waals surface area contributed by atoms with E-state index in [-0.39, 0.29) is 0 Å². The molecule has 1 aromatic heterocycles. The second kappa shape index (κ2) is 4.92. The third-order valence-corrected chi connectivity index (χ3v) is 5.10. The fourth-order valence-corrected chi connectivity index (χ4v) is 3.94. The van der Waals surface area contributed by atoms with Crippen molar-refractivity contribution in [3.05, 3.63) is 63.4 Å². The summed E-state index contributed by atoms with van der Waals surface area (Å²) in [6.07, 6.45) is 14.7. The van der Waals surface area contributed by atoms with Crippen LogP contribution in [0.3, 0.4) is 0 Å². The Bertz CT molecular complexity index is 761. The predicted octanol–water partition coefficient (Wildman–Crippen LogP) is 5.42. The van der Waals surface area contributed by atoms with Gasteiger partial charge in [0.25, 0.3) is 0 Å². The van der Waals surface area contributed by atoms with Gasteiger partial charge in [-0.3, -0.25) is 0 Å². The summed E-state index contributed by atoms with van der Waals surface area (Å²) in [5.41, 5.74) is 4.33. The molecule has 0 fully saturated rings. The third kappa shape index (κ3) is 1.89. The zero-order valence-corrected chi connectivity index (χ0v) is 13.4. The zero-order valence-electron chi connectivity index (χ0n) is 11.2. The predicted molar refractivity (Wildman–Crippen MR) is 94.2 cm³/mol. The van der Waals surface area contributed by atoms with E-state index in [0.717, 1.165) is 12.8 Å². The summed E-state index contributed by atoms with van der Waals surface area (Å²) in [6.45, 7) is 0. The highest BCUT2D eigenvalue weighted by atomic mass is 127. The minimum Gasteiger partial charge on any atom is -0.337 e. The number of rotatable bonds is 1. The molecule has 2 aliphatic carbocycles. The van der Waals surface area contributed by atoms with Crippen LogP contribution in [0.1, 0.15) is 30.1 Å². The molecule has 2 heteroatoms. The Balaban J connectivity index is 2.01. The second-order valence-electron chi connectivity index (χ2n) is 5.45. The number of benzene rings is 1. The third-order valence-electron chi connectivity index (χ3n) is 4.25. The average Bonchev–Trinajstić information content (AvgIpc) is 2.82. The maximum atomic E-state index is 2.56. The van der Waals surface area contributed by atoms with Crippen molar-refractivity contribution >= 4 is 39.6 Å². The number of halogens is 1. The van der Waals surface area contributed by atoms with Gasteiger partial charge in [-0.05, 0) is 57.6 Å². The summed E-state index contributed by atoms with van der Waals surface area (Å²) in [5.74, 6) is 0. The Morgan fingerprint density at radius 2 is 2.00 bits per heavy atom. The van der Waals surface area contributed by atoms with Crippen LogP contribution in [-0.2, 0) is 6.42 Å². The van der Waals surface area contributed by atoms with E-state index in [1.165, 1.54) is 32.2 Å². The number of hydrogen-bond acceptors (Lipinski definition) is 0. The summed E-state index contributed by atoms with van der Waals surface area (Å²) in [7, 11) is 0. The number of para-hydroxylation sites is 1. The van der Waals surface area contributed by atoms with E-state index in [1.54, 1.807) is 0 Å². The number of hydrogen-bond donors (Lipinski definition) is 0. The fraction of sp³-hybridized carbons (Fsp3) is 0.222. The van der Waals surface area contributed by atoms with Gasteiger partial charge in [0, 0.05) is 22.2 Å². The highest BCUT2D eigenvalue weighted by Gasteiger charge is 2.22. The molecular formula is C18H16IN. The van der Waals surface area contributed by atoms with E-state index in [1.807, 2.05) is 0 Å². The Kier molecular flexibility index (Phi) is 3.06. The Morgan fingerprint density at radius 3 is 2.85 bits per heavy atom. The molecule has 100 valence electrons. The molecule has 0 spiro atoms. The standard InChI is InChI=1S/C18H16IN/c19-13-10-11-18-16(12-13)15-8-4-5-9-17(15)20(18)14-6-2-1-3-7-14/h1-6,8-9,12,14H,7,10-11H2. The smallest absolute Gasteiger partial charge is 0.0557 e. The molecule has 0 saturated heterocycles. The van der Waals surface area contributed by atoms with Gasteiger partial charge in [0.05, 0.1) is 6.04 Å². The molecule has 0 radical (unpaired) electrons. The first kappa shape index (κ1) is 12.5. The summed E-state index contributed by atoms with van der Waals surface area (Å²) in [6, 6.07) is 9.30. The van der Waals surface area contributed by atoms with Gasteiger partial charge in [0.15, 0.2) is 0 Å². The molecule has 0 saturated carbocycles. The molecule has 1 nitrogen and oxygen atoms in total. The van der Waals surface area contributed by atoms with E-state index >= 15 is 0 Å². The topological polar surface area (TPSA) is 4.93 Å². The van der Waals surface area contributed by atoms with E-state index in [0.29, 0.717) is 6.04 Å². The van der Waals surface area contributed by atoms with Gasteiger partial charge in [-0.15, -0.1) is 0 Å². The molecule has 0 amide bonds. The SMILES string of the molecule is IC1=Cc2c(n(C3C=CC=CC3)c3ccccc23)CC1. The Morgan fingerprint density at radius 1 is 1.10 bits per heavy atom. The lowest BCUT2D eigenvalue weighted by Gasteiger charge is -2.22. The van der Waals surface area contributed by atoms with E-state index in [2.05, 4.69) is 81.8 Å². The molecule has 0 bridgehead atoms. The number of nitrogens with zero attached hydrogens (tertiary/aromatic N) is 1. The van der Waals surface area contributed by atoms with Gasteiger partial charge >= 0.3 is 0 Å². The molecule has 2 aliphatic rings. The first-order chi connectivity index (χ1) is 9.84. The number of allylic oxidation sites excluding steroid dienone is 5. The molecular weight excluding hydrogens is 357 g/mol. The average molecular weight is 373 g/mol. The Labute approximate surface area is 132 Å². The molecule has 1 unspecified atom stereocenters. The minimum atomic E-state index is 0.470. The van der Waals surface area contributed by atoms with Crippen LogP contribution in [0.2, 0.25) is 0 Å². The lowest BCUT2D eigenvalue weighted by Crippen LogP contribution is -2.12. The number of aromatic nitrogens is 1. The van der Waals surface area contributed by atoms with Crippen LogP contribution in [0.25, 0.3) is 17.0 Å². The van der Waals surface area contributed by atoms with Crippen molar-refractivity contribution in [1.29, 1.82) is 0 Å². The van der Waals surface area contributed by atoms with E-state index < -0.39 is 0 Å². The normalized spacial score (nSPS) is 21.1. The Hall–Kier alpha value is -1.29. The minimum absolute atomic E-state index is 0.470. The zero-order chi connectivity index (χ0) is 13.5. The van der Waals surface area contributed by atoms with E-state index in [4.69, 9.17) is 0 Å². The number of fused-ring (bicyclic) bond motifs is 3.